The van der Waals surface area contributed by atoms with Gasteiger partial charge < -0.3 is 14.8 Å². The molecule has 8 heteroatoms. The molecule has 0 aliphatic carbocycles. The molecule has 2 aliphatic heterocycles. The number of carbonyl (C=O) groups is 2. The molecular formula is C22H22N4O3S. The quantitative estimate of drug-likeness (QED) is 0.658. The monoisotopic (exact) mass is 422 g/mol. The molecule has 0 radical (unpaired) electrons. The number of fused-ring (bicyclic) bond motifs is 2. The number of aromatic nitrogens is 2. The summed E-state index contributed by atoms with van der Waals surface area (Å²) in [6, 6.07) is 14.8. The van der Waals surface area contributed by atoms with E-state index in [1.54, 1.807) is 28.0 Å². The van der Waals surface area contributed by atoms with Crippen molar-refractivity contribution in [1.82, 2.24) is 14.9 Å². The topological polar surface area (TPSA) is 86.4 Å². The summed E-state index contributed by atoms with van der Waals surface area (Å²) in [6.07, 6.45) is 2.91. The molecule has 0 saturated carbocycles. The van der Waals surface area contributed by atoms with Crippen LogP contribution in [-0.2, 0) is 26.9 Å². The number of likely N-dealkylation sites (tertiary alicyclic amines) is 1. The number of amides is 2. The van der Waals surface area contributed by atoms with E-state index in [1.165, 1.54) is 0 Å². The molecule has 1 fully saturated rings. The number of aromatic amines is 1. The maximum absolute atomic E-state index is 13.4. The molecule has 2 amide bonds. The summed E-state index contributed by atoms with van der Waals surface area (Å²) in [7, 11) is -1.72. The predicted molar refractivity (Wildman–Crippen MR) is 114 cm³/mol. The van der Waals surface area contributed by atoms with Crippen molar-refractivity contribution in [3.8, 4) is 0 Å². The highest BCUT2D eigenvalue weighted by molar-refractivity contribution is 7.87. The van der Waals surface area contributed by atoms with Gasteiger partial charge in [-0.2, -0.15) is 0 Å². The molecule has 1 aromatic heterocycles. The average Bonchev–Trinajstić information content (AvgIpc) is 3.20. The van der Waals surface area contributed by atoms with Gasteiger partial charge in [0.25, 0.3) is 5.91 Å². The summed E-state index contributed by atoms with van der Waals surface area (Å²) in [5, 5.41) is -1.21. The molecule has 0 bridgehead atoms. The van der Waals surface area contributed by atoms with Crippen LogP contribution in [0, 0.1) is 0 Å². The number of H-pyrrole nitrogens is 1. The van der Waals surface area contributed by atoms with E-state index in [1.807, 2.05) is 30.3 Å². The maximum Gasteiger partial charge on any atom is 0.253 e. The SMILES string of the molecule is O=C(C1C(=O)N(Cc2nc3ccccc3[nH]2)c2ccccc2S1=O)N1CCCCC1. The number of hydrogen-bond acceptors (Lipinski definition) is 4. The van der Waals surface area contributed by atoms with Gasteiger partial charge in [0.05, 0.1) is 39.0 Å². The van der Waals surface area contributed by atoms with Crippen LogP contribution in [-0.4, -0.2) is 49.2 Å². The number of nitrogens with one attached hydrogen (secondary N) is 1. The molecule has 1 N–H and O–H groups in total. The van der Waals surface area contributed by atoms with E-state index in [2.05, 4.69) is 9.97 Å². The van der Waals surface area contributed by atoms with Crippen LogP contribution in [0.15, 0.2) is 53.4 Å². The number of anilines is 1. The molecule has 3 heterocycles. The number of rotatable bonds is 3. The average molecular weight is 423 g/mol. The van der Waals surface area contributed by atoms with E-state index in [0.717, 1.165) is 30.3 Å². The first-order valence-electron chi connectivity index (χ1n) is 10.2. The van der Waals surface area contributed by atoms with Gasteiger partial charge in [-0.3, -0.25) is 13.8 Å². The second-order valence-corrected chi connectivity index (χ2v) is 9.16. The van der Waals surface area contributed by atoms with E-state index in [4.69, 9.17) is 0 Å². The molecule has 5 rings (SSSR count). The normalized spacial score (nSPS) is 21.7. The van der Waals surface area contributed by atoms with Crippen LogP contribution in [0.3, 0.4) is 0 Å². The standard InChI is InChI=1S/C22H22N4O3S/c27-21(25-12-6-1-7-13-25)20-22(28)26(17-10-4-5-11-18(17)30(20)29)14-19-23-15-8-2-3-9-16(15)24-19/h2-5,8-11,20H,1,6-7,12-14H2,(H,23,24). The summed E-state index contributed by atoms with van der Waals surface area (Å²) in [4.78, 5) is 38.2. The van der Waals surface area contributed by atoms with Crippen LogP contribution in [0.1, 0.15) is 25.1 Å². The molecule has 2 unspecified atom stereocenters. The number of nitrogens with zero attached hydrogens (tertiary/aromatic N) is 3. The van der Waals surface area contributed by atoms with Crippen LogP contribution >= 0.6 is 0 Å². The Morgan fingerprint density at radius 1 is 1.07 bits per heavy atom. The van der Waals surface area contributed by atoms with Crippen LogP contribution in [0.25, 0.3) is 11.0 Å². The van der Waals surface area contributed by atoms with E-state index < -0.39 is 22.0 Å². The minimum atomic E-state index is -1.72. The minimum absolute atomic E-state index is 0.186. The van der Waals surface area contributed by atoms with Gasteiger partial charge in [-0.05, 0) is 43.5 Å². The number of carbonyl (C=O) groups excluding carboxylic acids is 2. The Kier molecular flexibility index (Phi) is 4.86. The Morgan fingerprint density at radius 2 is 1.80 bits per heavy atom. The summed E-state index contributed by atoms with van der Waals surface area (Å²) in [6.45, 7) is 1.42. The summed E-state index contributed by atoms with van der Waals surface area (Å²) in [5.41, 5.74) is 2.27. The van der Waals surface area contributed by atoms with Crippen molar-refractivity contribution in [2.75, 3.05) is 18.0 Å². The van der Waals surface area contributed by atoms with Gasteiger partial charge in [0, 0.05) is 13.1 Å². The molecule has 2 atom stereocenters. The fourth-order valence-electron chi connectivity index (χ4n) is 4.20. The predicted octanol–water partition coefficient (Wildman–Crippen LogP) is 2.60. The van der Waals surface area contributed by atoms with Gasteiger partial charge in [-0.15, -0.1) is 0 Å². The zero-order valence-corrected chi connectivity index (χ0v) is 17.2. The van der Waals surface area contributed by atoms with E-state index in [-0.39, 0.29) is 12.5 Å². The molecule has 7 nitrogen and oxygen atoms in total. The Balaban J connectivity index is 1.52. The fraction of sp³-hybridized carbons (Fsp3) is 0.318. The van der Waals surface area contributed by atoms with Crippen molar-refractivity contribution >= 4 is 39.3 Å². The van der Waals surface area contributed by atoms with Crippen LogP contribution in [0.2, 0.25) is 0 Å². The Hall–Kier alpha value is -3.00. The lowest BCUT2D eigenvalue weighted by atomic mass is 10.1. The zero-order valence-electron chi connectivity index (χ0n) is 16.4. The Labute approximate surface area is 176 Å². The number of hydrogen-bond donors (Lipinski definition) is 1. The third-order valence-corrected chi connectivity index (χ3v) is 7.33. The van der Waals surface area contributed by atoms with Crippen LogP contribution in [0.4, 0.5) is 5.69 Å². The third-order valence-electron chi connectivity index (χ3n) is 5.72. The molecule has 154 valence electrons. The Morgan fingerprint density at radius 3 is 2.60 bits per heavy atom. The lowest BCUT2D eigenvalue weighted by molar-refractivity contribution is -0.135. The van der Waals surface area contributed by atoms with E-state index in [0.29, 0.717) is 29.5 Å². The molecule has 30 heavy (non-hydrogen) atoms. The highest BCUT2D eigenvalue weighted by Crippen LogP contribution is 2.34. The number of para-hydroxylation sites is 3. The van der Waals surface area contributed by atoms with Gasteiger partial charge >= 0.3 is 0 Å². The largest absolute Gasteiger partial charge is 0.341 e. The van der Waals surface area contributed by atoms with E-state index in [9.17, 15) is 13.8 Å². The fourth-order valence-corrected chi connectivity index (χ4v) is 5.69. The second kappa shape index (κ2) is 7.68. The highest BCUT2D eigenvalue weighted by Gasteiger charge is 2.45. The first-order chi connectivity index (χ1) is 14.6. The van der Waals surface area contributed by atoms with Crippen molar-refractivity contribution in [3.63, 3.8) is 0 Å². The molecule has 0 spiro atoms. The van der Waals surface area contributed by atoms with Crippen molar-refractivity contribution in [3.05, 3.63) is 54.4 Å². The number of imidazole rings is 1. The van der Waals surface area contributed by atoms with Gasteiger partial charge in [0.1, 0.15) is 5.82 Å². The smallest absolute Gasteiger partial charge is 0.253 e. The first-order valence-corrected chi connectivity index (χ1v) is 11.4. The van der Waals surface area contributed by atoms with E-state index >= 15 is 0 Å². The minimum Gasteiger partial charge on any atom is -0.341 e. The third kappa shape index (κ3) is 3.21. The van der Waals surface area contributed by atoms with Crippen molar-refractivity contribution < 1.29 is 13.8 Å². The van der Waals surface area contributed by atoms with Gasteiger partial charge in [-0.25, -0.2) is 4.98 Å². The summed E-state index contributed by atoms with van der Waals surface area (Å²) < 4.78 is 13.2. The van der Waals surface area contributed by atoms with Crippen LogP contribution in [0.5, 0.6) is 0 Å². The highest BCUT2D eigenvalue weighted by atomic mass is 32.2. The lowest BCUT2D eigenvalue weighted by Gasteiger charge is -2.35. The molecule has 1 saturated heterocycles. The van der Waals surface area contributed by atoms with Crippen molar-refractivity contribution in [1.29, 1.82) is 0 Å². The molecule has 2 aliphatic rings. The molecule has 2 aromatic carbocycles. The zero-order chi connectivity index (χ0) is 20.7. The second-order valence-electron chi connectivity index (χ2n) is 7.66. The van der Waals surface area contributed by atoms with Gasteiger partial charge in [0.15, 0.2) is 5.25 Å². The molecule has 3 aromatic rings. The Bertz CT molecular complexity index is 1120. The van der Waals surface area contributed by atoms with Gasteiger partial charge in [-0.1, -0.05) is 24.3 Å². The number of benzene rings is 2. The first kappa shape index (κ1) is 19.0. The maximum atomic E-state index is 13.4. The summed E-state index contributed by atoms with van der Waals surface area (Å²) >= 11 is 0. The van der Waals surface area contributed by atoms with Gasteiger partial charge in [0.2, 0.25) is 5.91 Å². The summed E-state index contributed by atoms with van der Waals surface area (Å²) in [5.74, 6) is -0.138. The van der Waals surface area contributed by atoms with Crippen molar-refractivity contribution in [2.45, 2.75) is 36.0 Å². The number of piperidine rings is 1. The van der Waals surface area contributed by atoms with Crippen molar-refractivity contribution in [2.24, 2.45) is 0 Å². The lowest BCUT2D eigenvalue weighted by Crippen LogP contribution is -2.54. The van der Waals surface area contributed by atoms with Crippen LogP contribution < -0.4 is 4.90 Å². The molecular weight excluding hydrogens is 400 g/mol.